The summed E-state index contributed by atoms with van der Waals surface area (Å²) in [5.41, 5.74) is 4.56. The summed E-state index contributed by atoms with van der Waals surface area (Å²) in [6, 6.07) is 4.88. The van der Waals surface area contributed by atoms with Crippen molar-refractivity contribution in [1.29, 1.82) is 10.5 Å². The van der Waals surface area contributed by atoms with Crippen molar-refractivity contribution in [2.45, 2.75) is 179 Å². The molecule has 0 aromatic heterocycles. The van der Waals surface area contributed by atoms with Gasteiger partial charge in [-0.1, -0.05) is 77.0 Å². The Hall–Kier alpha value is -1.96. The maximum absolute atomic E-state index is 10.5. The molecule has 0 bridgehead atoms. The number of nitrogens with zero attached hydrogens (tertiary/aromatic N) is 2. The van der Waals surface area contributed by atoms with Crippen molar-refractivity contribution in [3.05, 3.63) is 33.4 Å². The molecule has 0 N–H and O–H groups in total. The Morgan fingerprint density at radius 2 is 0.619 bits per heavy atom. The van der Waals surface area contributed by atoms with E-state index in [2.05, 4.69) is 12.1 Å². The standard InChI is InChI=1S/C36H52N2O4/c37-21-31-32(22-38)34(24-40-28-15-7-2-8-16-28)36(26-42-30-19-11-4-12-20-30)35(25-41-29-17-9-3-10-18-29)33(31)23-39-27-13-5-1-6-14-27/h27-30H,1-20,23-26H2. The highest BCUT2D eigenvalue weighted by atomic mass is 16.5. The fourth-order valence-corrected chi connectivity index (χ4v) is 7.61. The SMILES string of the molecule is N#Cc1c(C#N)c(COC2CCCCC2)c(COC2CCCCC2)c(COC2CCCCC2)c1COC1CCCCC1. The van der Waals surface area contributed by atoms with Crippen molar-refractivity contribution in [2.24, 2.45) is 0 Å². The van der Waals surface area contributed by atoms with Gasteiger partial charge in [-0.25, -0.2) is 0 Å². The Bertz CT molecular complexity index is 981. The van der Waals surface area contributed by atoms with E-state index in [4.69, 9.17) is 18.9 Å². The first-order valence-corrected chi connectivity index (χ1v) is 17.2. The summed E-state index contributed by atoms with van der Waals surface area (Å²) >= 11 is 0. The van der Waals surface area contributed by atoms with Crippen LogP contribution in [0.1, 0.15) is 162 Å². The lowest BCUT2D eigenvalue weighted by Gasteiger charge is -2.29. The summed E-state index contributed by atoms with van der Waals surface area (Å²) in [5, 5.41) is 21.0. The third-order valence-electron chi connectivity index (χ3n) is 10.2. The van der Waals surface area contributed by atoms with Gasteiger partial charge < -0.3 is 18.9 Å². The smallest absolute Gasteiger partial charge is 0.101 e. The molecule has 0 atom stereocenters. The Kier molecular flexibility index (Phi) is 12.6. The number of nitriles is 2. The van der Waals surface area contributed by atoms with Crippen LogP contribution in [0.5, 0.6) is 0 Å². The maximum Gasteiger partial charge on any atom is 0.101 e. The molecule has 0 heterocycles. The van der Waals surface area contributed by atoms with Crippen molar-refractivity contribution in [3.63, 3.8) is 0 Å². The van der Waals surface area contributed by atoms with E-state index in [1.807, 2.05) is 0 Å². The van der Waals surface area contributed by atoms with Crippen LogP contribution in [0.25, 0.3) is 0 Å². The molecule has 4 saturated carbocycles. The highest BCUT2D eigenvalue weighted by Crippen LogP contribution is 2.35. The molecule has 4 aliphatic carbocycles. The van der Waals surface area contributed by atoms with Gasteiger partial charge in [-0.3, -0.25) is 0 Å². The predicted octanol–water partition coefficient (Wildman–Crippen LogP) is 8.83. The van der Waals surface area contributed by atoms with Crippen molar-refractivity contribution >= 4 is 0 Å². The Balaban J connectivity index is 1.50. The van der Waals surface area contributed by atoms with Gasteiger partial charge in [0.2, 0.25) is 0 Å². The molecule has 4 fully saturated rings. The predicted molar refractivity (Wildman–Crippen MR) is 163 cm³/mol. The number of rotatable bonds is 12. The molecule has 4 aliphatic rings. The molecule has 0 spiro atoms. The van der Waals surface area contributed by atoms with E-state index in [0.717, 1.165) is 73.6 Å². The fourth-order valence-electron chi connectivity index (χ4n) is 7.61. The lowest BCUT2D eigenvalue weighted by molar-refractivity contribution is -0.00153. The minimum atomic E-state index is 0.208. The van der Waals surface area contributed by atoms with Crippen LogP contribution in [-0.2, 0) is 45.4 Å². The zero-order chi connectivity index (χ0) is 29.0. The molecule has 0 radical (unpaired) electrons. The number of hydrogen-bond donors (Lipinski definition) is 0. The van der Waals surface area contributed by atoms with Crippen molar-refractivity contribution in [2.75, 3.05) is 0 Å². The van der Waals surface area contributed by atoms with E-state index >= 15 is 0 Å². The molecule has 5 rings (SSSR count). The van der Waals surface area contributed by atoms with E-state index < -0.39 is 0 Å². The first-order chi connectivity index (χ1) is 20.8. The molecule has 230 valence electrons. The molecule has 6 nitrogen and oxygen atoms in total. The van der Waals surface area contributed by atoms with E-state index in [-0.39, 0.29) is 24.4 Å². The molecule has 0 unspecified atom stereocenters. The minimum Gasteiger partial charge on any atom is -0.374 e. The number of ether oxygens (including phenoxy) is 4. The second-order valence-corrected chi connectivity index (χ2v) is 13.2. The first-order valence-electron chi connectivity index (χ1n) is 17.2. The van der Waals surface area contributed by atoms with Crippen LogP contribution < -0.4 is 0 Å². The topological polar surface area (TPSA) is 84.5 Å². The van der Waals surface area contributed by atoms with Gasteiger partial charge >= 0.3 is 0 Å². The first kappa shape index (κ1) is 31.5. The molecule has 1 aromatic rings. The third kappa shape index (κ3) is 8.57. The monoisotopic (exact) mass is 576 g/mol. The second kappa shape index (κ2) is 16.8. The average Bonchev–Trinajstić information content (AvgIpc) is 3.06. The van der Waals surface area contributed by atoms with Crippen LogP contribution in [0.3, 0.4) is 0 Å². The summed E-state index contributed by atoms with van der Waals surface area (Å²) in [6.07, 6.45) is 24.1. The molecule has 42 heavy (non-hydrogen) atoms. The lowest BCUT2D eigenvalue weighted by Crippen LogP contribution is -2.23. The second-order valence-electron chi connectivity index (χ2n) is 13.2. The van der Waals surface area contributed by atoms with Gasteiger partial charge in [0.15, 0.2) is 0 Å². The van der Waals surface area contributed by atoms with Crippen LogP contribution in [-0.4, -0.2) is 24.4 Å². The Labute approximate surface area is 254 Å². The Morgan fingerprint density at radius 3 is 0.857 bits per heavy atom. The van der Waals surface area contributed by atoms with Gasteiger partial charge in [-0.05, 0) is 62.5 Å². The van der Waals surface area contributed by atoms with E-state index in [0.29, 0.717) is 37.6 Å². The number of benzene rings is 1. The van der Waals surface area contributed by atoms with E-state index in [1.54, 1.807) is 0 Å². The molecular formula is C36H52N2O4. The van der Waals surface area contributed by atoms with Crippen LogP contribution >= 0.6 is 0 Å². The summed E-state index contributed by atoms with van der Waals surface area (Å²) < 4.78 is 26.2. The van der Waals surface area contributed by atoms with E-state index in [1.165, 1.54) is 77.0 Å². The Morgan fingerprint density at radius 1 is 0.381 bits per heavy atom. The van der Waals surface area contributed by atoms with Gasteiger partial charge in [0.05, 0.1) is 62.0 Å². The van der Waals surface area contributed by atoms with Gasteiger partial charge in [0.25, 0.3) is 0 Å². The highest BCUT2D eigenvalue weighted by molar-refractivity contribution is 5.61. The van der Waals surface area contributed by atoms with Crippen LogP contribution in [0.2, 0.25) is 0 Å². The molecule has 1 aromatic carbocycles. The third-order valence-corrected chi connectivity index (χ3v) is 10.2. The molecular weight excluding hydrogens is 524 g/mol. The summed E-state index contributed by atoms with van der Waals surface area (Å²) in [4.78, 5) is 0. The summed E-state index contributed by atoms with van der Waals surface area (Å²) in [6.45, 7) is 1.53. The average molecular weight is 577 g/mol. The molecule has 0 amide bonds. The zero-order valence-corrected chi connectivity index (χ0v) is 25.8. The summed E-state index contributed by atoms with van der Waals surface area (Å²) in [7, 11) is 0. The van der Waals surface area contributed by atoms with E-state index in [9.17, 15) is 10.5 Å². The largest absolute Gasteiger partial charge is 0.374 e. The van der Waals surface area contributed by atoms with Crippen molar-refractivity contribution in [1.82, 2.24) is 0 Å². The quantitative estimate of drug-likeness (QED) is 0.247. The van der Waals surface area contributed by atoms with Gasteiger partial charge in [-0.15, -0.1) is 0 Å². The lowest BCUT2D eigenvalue weighted by atomic mass is 9.87. The highest BCUT2D eigenvalue weighted by Gasteiger charge is 2.28. The van der Waals surface area contributed by atoms with Crippen LogP contribution in [0, 0.1) is 22.7 Å². The van der Waals surface area contributed by atoms with Crippen molar-refractivity contribution in [3.8, 4) is 12.1 Å². The van der Waals surface area contributed by atoms with Gasteiger partial charge in [-0.2, -0.15) is 10.5 Å². The zero-order valence-electron chi connectivity index (χ0n) is 25.8. The molecule has 0 aliphatic heterocycles. The molecule has 0 saturated heterocycles. The maximum atomic E-state index is 10.5. The normalized spacial score (nSPS) is 21.7. The van der Waals surface area contributed by atoms with Crippen LogP contribution in [0.4, 0.5) is 0 Å². The minimum absolute atomic E-state index is 0.208. The number of hydrogen-bond acceptors (Lipinski definition) is 6. The molecule has 6 heteroatoms. The van der Waals surface area contributed by atoms with Crippen LogP contribution in [0.15, 0.2) is 0 Å². The fraction of sp³-hybridized carbons (Fsp3) is 0.778. The van der Waals surface area contributed by atoms with Crippen molar-refractivity contribution < 1.29 is 18.9 Å². The van der Waals surface area contributed by atoms with Gasteiger partial charge in [0, 0.05) is 11.1 Å². The van der Waals surface area contributed by atoms with Gasteiger partial charge in [0.1, 0.15) is 12.1 Å². The summed E-state index contributed by atoms with van der Waals surface area (Å²) in [5.74, 6) is 0.